The molecule has 0 bridgehead atoms. The highest BCUT2D eigenvalue weighted by molar-refractivity contribution is 6.30. The Labute approximate surface area is 150 Å². The highest BCUT2D eigenvalue weighted by Crippen LogP contribution is 2.24. The van der Waals surface area contributed by atoms with Crippen LogP contribution in [0.5, 0.6) is 5.75 Å². The summed E-state index contributed by atoms with van der Waals surface area (Å²) in [4.78, 5) is 16.4. The maximum atomic E-state index is 12.5. The fourth-order valence-corrected chi connectivity index (χ4v) is 2.33. The summed E-state index contributed by atoms with van der Waals surface area (Å²) >= 11 is 5.86. The molecule has 0 fully saturated rings. The largest absolute Gasteiger partial charge is 0.478 e. The van der Waals surface area contributed by atoms with Gasteiger partial charge in [0.15, 0.2) is 17.8 Å². The molecule has 0 aliphatic carbocycles. The number of carbonyl (C=O) groups is 1. The van der Waals surface area contributed by atoms with E-state index in [1.165, 1.54) is 6.39 Å². The van der Waals surface area contributed by atoms with E-state index < -0.39 is 5.60 Å². The molecule has 1 N–H and O–H groups in total. The molecule has 3 rings (SSSR count). The topological polar surface area (TPSA) is 64.4 Å². The third kappa shape index (κ3) is 4.19. The molecule has 0 saturated heterocycles. The van der Waals surface area contributed by atoms with Gasteiger partial charge in [-0.1, -0.05) is 11.6 Å². The molecular weight excluding hydrogens is 340 g/mol. The number of benzene rings is 2. The number of rotatable bonds is 5. The van der Waals surface area contributed by atoms with E-state index in [1.54, 1.807) is 56.4 Å². The van der Waals surface area contributed by atoms with Gasteiger partial charge in [0.1, 0.15) is 5.75 Å². The van der Waals surface area contributed by atoms with Crippen molar-refractivity contribution in [2.75, 3.05) is 5.32 Å². The average molecular weight is 357 g/mol. The van der Waals surface area contributed by atoms with E-state index in [0.717, 1.165) is 5.56 Å². The smallest absolute Gasteiger partial charge is 0.267 e. The van der Waals surface area contributed by atoms with Gasteiger partial charge in [-0.05, 0) is 62.4 Å². The van der Waals surface area contributed by atoms with E-state index in [9.17, 15) is 4.79 Å². The van der Waals surface area contributed by atoms with Crippen LogP contribution in [0.1, 0.15) is 13.8 Å². The van der Waals surface area contributed by atoms with Gasteiger partial charge in [-0.15, -0.1) is 0 Å². The minimum Gasteiger partial charge on any atom is -0.478 e. The molecule has 128 valence electrons. The number of ether oxygens (including phenoxy) is 1. The number of aromatic nitrogens is 1. The molecule has 0 aliphatic rings. The molecule has 1 aromatic heterocycles. The van der Waals surface area contributed by atoms with E-state index in [0.29, 0.717) is 22.2 Å². The third-order valence-electron chi connectivity index (χ3n) is 3.59. The molecule has 25 heavy (non-hydrogen) atoms. The Morgan fingerprint density at radius 3 is 2.40 bits per heavy atom. The molecule has 0 aliphatic heterocycles. The first-order valence-electron chi connectivity index (χ1n) is 7.69. The van der Waals surface area contributed by atoms with Gasteiger partial charge in [0, 0.05) is 16.3 Å². The lowest BCUT2D eigenvalue weighted by molar-refractivity contribution is -0.128. The third-order valence-corrected chi connectivity index (χ3v) is 3.85. The quantitative estimate of drug-likeness (QED) is 0.713. The summed E-state index contributed by atoms with van der Waals surface area (Å²) in [6.07, 6.45) is 3.01. The number of carbonyl (C=O) groups excluding carboxylic acids is 1. The predicted octanol–water partition coefficient (Wildman–Crippen LogP) is 4.79. The SMILES string of the molecule is CC(C)(Oc1ccc(Cl)cc1)C(=O)Nc1ccc(-c2cnco2)cc1. The first kappa shape index (κ1) is 17.0. The number of nitrogens with one attached hydrogen (secondary N) is 1. The maximum absolute atomic E-state index is 12.5. The second-order valence-corrected chi connectivity index (χ2v) is 6.40. The van der Waals surface area contributed by atoms with Crippen LogP contribution >= 0.6 is 11.6 Å². The Morgan fingerprint density at radius 2 is 1.80 bits per heavy atom. The fourth-order valence-electron chi connectivity index (χ4n) is 2.20. The number of hydrogen-bond donors (Lipinski definition) is 1. The van der Waals surface area contributed by atoms with Crippen molar-refractivity contribution >= 4 is 23.2 Å². The molecule has 0 atom stereocenters. The lowest BCUT2D eigenvalue weighted by atomic mass is 10.1. The molecular formula is C19H17ClN2O3. The number of hydrogen-bond acceptors (Lipinski definition) is 4. The summed E-state index contributed by atoms with van der Waals surface area (Å²) in [5.74, 6) is 0.990. The number of oxazole rings is 1. The van der Waals surface area contributed by atoms with Gasteiger partial charge < -0.3 is 14.5 Å². The van der Waals surface area contributed by atoms with Crippen LogP contribution in [-0.4, -0.2) is 16.5 Å². The summed E-state index contributed by atoms with van der Waals surface area (Å²) in [7, 11) is 0. The minimum absolute atomic E-state index is 0.255. The molecule has 6 heteroatoms. The Balaban J connectivity index is 1.67. The Morgan fingerprint density at radius 1 is 1.12 bits per heavy atom. The van der Waals surface area contributed by atoms with Crippen molar-refractivity contribution in [3.05, 3.63) is 66.1 Å². The molecule has 1 amide bonds. The summed E-state index contributed by atoms with van der Waals surface area (Å²) in [6.45, 7) is 3.42. The summed E-state index contributed by atoms with van der Waals surface area (Å²) < 4.78 is 11.0. The van der Waals surface area contributed by atoms with Crippen molar-refractivity contribution in [3.63, 3.8) is 0 Å². The molecule has 2 aromatic carbocycles. The van der Waals surface area contributed by atoms with Crippen molar-refractivity contribution in [1.82, 2.24) is 4.98 Å². The normalized spacial score (nSPS) is 11.2. The van der Waals surface area contributed by atoms with Crippen molar-refractivity contribution in [2.24, 2.45) is 0 Å². The van der Waals surface area contributed by atoms with E-state index in [2.05, 4.69) is 10.3 Å². The lowest BCUT2D eigenvalue weighted by Gasteiger charge is -2.25. The van der Waals surface area contributed by atoms with Crippen LogP contribution in [0.2, 0.25) is 5.02 Å². The van der Waals surface area contributed by atoms with Gasteiger partial charge in [0.25, 0.3) is 5.91 Å². The van der Waals surface area contributed by atoms with Crippen LogP contribution in [0.3, 0.4) is 0 Å². The van der Waals surface area contributed by atoms with E-state index in [-0.39, 0.29) is 5.91 Å². The zero-order valence-electron chi connectivity index (χ0n) is 13.8. The van der Waals surface area contributed by atoms with Gasteiger partial charge in [0.05, 0.1) is 6.20 Å². The van der Waals surface area contributed by atoms with Crippen molar-refractivity contribution < 1.29 is 13.9 Å². The second kappa shape index (κ2) is 6.99. The zero-order valence-corrected chi connectivity index (χ0v) is 14.6. The molecule has 0 radical (unpaired) electrons. The molecule has 0 saturated carbocycles. The average Bonchev–Trinajstić information content (AvgIpc) is 3.12. The molecule has 0 spiro atoms. The first-order valence-corrected chi connectivity index (χ1v) is 8.07. The van der Waals surface area contributed by atoms with E-state index in [4.69, 9.17) is 20.8 Å². The highest BCUT2D eigenvalue weighted by atomic mass is 35.5. The number of amides is 1. The Kier molecular flexibility index (Phi) is 4.76. The van der Waals surface area contributed by atoms with Gasteiger partial charge >= 0.3 is 0 Å². The Hall–Kier alpha value is -2.79. The zero-order chi connectivity index (χ0) is 17.9. The van der Waals surface area contributed by atoms with E-state index >= 15 is 0 Å². The molecule has 1 heterocycles. The molecule has 3 aromatic rings. The van der Waals surface area contributed by atoms with Crippen molar-refractivity contribution in [3.8, 4) is 17.1 Å². The monoisotopic (exact) mass is 356 g/mol. The van der Waals surface area contributed by atoms with Crippen LogP contribution in [0.4, 0.5) is 5.69 Å². The maximum Gasteiger partial charge on any atom is 0.267 e. The van der Waals surface area contributed by atoms with Crippen LogP contribution in [0, 0.1) is 0 Å². The standard InChI is InChI=1S/C19H17ClN2O3/c1-19(2,25-16-9-5-14(20)6-10-16)18(23)22-15-7-3-13(4-8-15)17-11-21-12-24-17/h3-12H,1-2H3,(H,22,23). The van der Waals surface area contributed by atoms with Gasteiger partial charge in [0.2, 0.25) is 0 Å². The Bertz CT molecular complexity index is 841. The van der Waals surface area contributed by atoms with Crippen LogP contribution in [-0.2, 0) is 4.79 Å². The fraction of sp³-hybridized carbons (Fsp3) is 0.158. The number of nitrogens with zero attached hydrogens (tertiary/aromatic N) is 1. The van der Waals surface area contributed by atoms with E-state index in [1.807, 2.05) is 12.1 Å². The van der Waals surface area contributed by atoms with Gasteiger partial charge in [-0.3, -0.25) is 4.79 Å². The van der Waals surface area contributed by atoms with Crippen molar-refractivity contribution in [1.29, 1.82) is 0 Å². The number of anilines is 1. The van der Waals surface area contributed by atoms with Gasteiger partial charge in [-0.2, -0.15) is 0 Å². The van der Waals surface area contributed by atoms with Crippen LogP contribution in [0.15, 0.2) is 65.5 Å². The van der Waals surface area contributed by atoms with Gasteiger partial charge in [-0.25, -0.2) is 4.98 Å². The summed E-state index contributed by atoms with van der Waals surface area (Å²) in [6, 6.07) is 14.2. The van der Waals surface area contributed by atoms with Crippen molar-refractivity contribution in [2.45, 2.75) is 19.4 Å². The minimum atomic E-state index is -1.04. The van der Waals surface area contributed by atoms with Crippen LogP contribution < -0.4 is 10.1 Å². The molecule has 5 nitrogen and oxygen atoms in total. The number of halogens is 1. The molecule has 0 unspecified atom stereocenters. The van der Waals surface area contributed by atoms with Crippen LogP contribution in [0.25, 0.3) is 11.3 Å². The highest BCUT2D eigenvalue weighted by Gasteiger charge is 2.30. The first-order chi connectivity index (χ1) is 11.9. The summed E-state index contributed by atoms with van der Waals surface area (Å²) in [5.41, 5.74) is 0.505. The lowest BCUT2D eigenvalue weighted by Crippen LogP contribution is -2.42. The summed E-state index contributed by atoms with van der Waals surface area (Å²) in [5, 5.41) is 3.46. The second-order valence-electron chi connectivity index (χ2n) is 5.96. The predicted molar refractivity (Wildman–Crippen MR) is 96.7 cm³/mol.